The zero-order chi connectivity index (χ0) is 22.9. The van der Waals surface area contributed by atoms with Crippen LogP contribution in [-0.4, -0.2) is 77.3 Å². The average molecular weight is 483 g/mol. The molecule has 10 heteroatoms. The van der Waals surface area contributed by atoms with Crippen LogP contribution in [-0.2, 0) is 19.7 Å². The lowest BCUT2D eigenvalue weighted by Crippen LogP contribution is -2.55. The minimum absolute atomic E-state index is 0.0954. The Balaban J connectivity index is 1.53. The number of piperazine rings is 1. The van der Waals surface area contributed by atoms with Crippen molar-refractivity contribution in [3.8, 4) is 5.75 Å². The van der Waals surface area contributed by atoms with Crippen molar-refractivity contribution in [2.45, 2.75) is 23.1 Å². The number of benzene rings is 2. The largest absolute Gasteiger partial charge is 0.494 e. The van der Waals surface area contributed by atoms with E-state index in [1.165, 1.54) is 18.2 Å². The maximum absolute atomic E-state index is 14.1. The standard InChI is InChI=1S/C22H27FN2O5S2/c1-2-30-17-7-9-18(10-8-17)32(28,29)22-16-31(26,27)15-21(22)25-13-11-24(12-14-25)20-6-4-3-5-19(20)23/h3-10,21-22H,2,11-16H2,1H3. The first-order chi connectivity index (χ1) is 15.2. The molecule has 2 aromatic carbocycles. The van der Waals surface area contributed by atoms with Crippen LogP contribution in [0.1, 0.15) is 6.92 Å². The lowest BCUT2D eigenvalue weighted by Gasteiger charge is -2.40. The van der Waals surface area contributed by atoms with Crippen LogP contribution in [0.4, 0.5) is 10.1 Å². The van der Waals surface area contributed by atoms with Gasteiger partial charge >= 0.3 is 0 Å². The van der Waals surface area contributed by atoms with E-state index in [1.54, 1.807) is 30.3 Å². The number of hydrogen-bond donors (Lipinski definition) is 0. The van der Waals surface area contributed by atoms with Crippen LogP contribution in [0.3, 0.4) is 0 Å². The van der Waals surface area contributed by atoms with E-state index in [9.17, 15) is 21.2 Å². The summed E-state index contributed by atoms with van der Waals surface area (Å²) in [5, 5.41) is -1.04. The number of sulfone groups is 2. The summed E-state index contributed by atoms with van der Waals surface area (Å²) in [6.45, 7) is 4.21. The smallest absolute Gasteiger partial charge is 0.183 e. The minimum Gasteiger partial charge on any atom is -0.494 e. The maximum Gasteiger partial charge on any atom is 0.183 e. The second-order valence-corrected chi connectivity index (χ2v) is 12.4. The summed E-state index contributed by atoms with van der Waals surface area (Å²) in [4.78, 5) is 3.93. The molecule has 0 aliphatic carbocycles. The average Bonchev–Trinajstić information content (AvgIpc) is 3.11. The van der Waals surface area contributed by atoms with Crippen molar-refractivity contribution >= 4 is 25.4 Å². The number of halogens is 1. The molecule has 2 unspecified atom stereocenters. The topological polar surface area (TPSA) is 84.0 Å². The molecule has 0 aromatic heterocycles. The SMILES string of the molecule is CCOc1ccc(S(=O)(=O)C2CS(=O)(=O)CC2N2CCN(c3ccccc3F)CC2)cc1. The van der Waals surface area contributed by atoms with Gasteiger partial charge in [0.2, 0.25) is 0 Å². The monoisotopic (exact) mass is 482 g/mol. The molecule has 2 saturated heterocycles. The number of ether oxygens (including phenoxy) is 1. The van der Waals surface area contributed by atoms with Crippen molar-refractivity contribution in [3.05, 3.63) is 54.3 Å². The fourth-order valence-electron chi connectivity index (χ4n) is 4.50. The summed E-state index contributed by atoms with van der Waals surface area (Å²) in [6.07, 6.45) is 0. The van der Waals surface area contributed by atoms with E-state index < -0.39 is 31.0 Å². The van der Waals surface area contributed by atoms with Gasteiger partial charge in [0, 0.05) is 32.2 Å². The fourth-order valence-corrected chi connectivity index (χ4v) is 9.33. The first-order valence-corrected chi connectivity index (χ1v) is 14.0. The summed E-state index contributed by atoms with van der Waals surface area (Å²) in [6, 6.07) is 12.0. The van der Waals surface area contributed by atoms with E-state index in [-0.39, 0.29) is 22.2 Å². The Morgan fingerprint density at radius 2 is 1.66 bits per heavy atom. The van der Waals surface area contributed by atoms with Crippen LogP contribution in [0.25, 0.3) is 0 Å². The molecule has 2 fully saturated rings. The van der Waals surface area contributed by atoms with Gasteiger partial charge in [0.1, 0.15) is 11.6 Å². The van der Waals surface area contributed by atoms with Gasteiger partial charge in [0.05, 0.1) is 33.9 Å². The highest BCUT2D eigenvalue weighted by atomic mass is 32.2. The molecule has 0 amide bonds. The molecule has 2 aromatic rings. The van der Waals surface area contributed by atoms with E-state index in [1.807, 2.05) is 16.7 Å². The van der Waals surface area contributed by atoms with Crippen molar-refractivity contribution in [1.82, 2.24) is 4.90 Å². The van der Waals surface area contributed by atoms with Gasteiger partial charge in [-0.15, -0.1) is 0 Å². The van der Waals surface area contributed by atoms with Gasteiger partial charge in [0.15, 0.2) is 19.7 Å². The predicted molar refractivity (Wildman–Crippen MR) is 121 cm³/mol. The Morgan fingerprint density at radius 3 is 2.28 bits per heavy atom. The van der Waals surface area contributed by atoms with Crippen molar-refractivity contribution in [2.24, 2.45) is 0 Å². The Morgan fingerprint density at radius 1 is 1.00 bits per heavy atom. The second-order valence-electron chi connectivity index (χ2n) is 8.11. The summed E-state index contributed by atoms with van der Waals surface area (Å²) in [7, 11) is -7.36. The van der Waals surface area contributed by atoms with Crippen LogP contribution >= 0.6 is 0 Å². The number of para-hydroxylation sites is 1. The molecular formula is C22H27FN2O5S2. The van der Waals surface area contributed by atoms with Crippen LogP contribution in [0.15, 0.2) is 53.4 Å². The Hall–Kier alpha value is -2.17. The normalized spacial score (nSPS) is 23.9. The van der Waals surface area contributed by atoms with Crippen LogP contribution in [0, 0.1) is 5.82 Å². The molecule has 174 valence electrons. The highest BCUT2D eigenvalue weighted by Crippen LogP contribution is 2.31. The zero-order valence-corrected chi connectivity index (χ0v) is 19.5. The molecule has 2 atom stereocenters. The Kier molecular flexibility index (Phi) is 6.46. The first-order valence-electron chi connectivity index (χ1n) is 10.6. The van der Waals surface area contributed by atoms with E-state index in [0.29, 0.717) is 44.2 Å². The van der Waals surface area contributed by atoms with Crippen LogP contribution in [0.2, 0.25) is 0 Å². The van der Waals surface area contributed by atoms with Gasteiger partial charge in [-0.25, -0.2) is 21.2 Å². The van der Waals surface area contributed by atoms with Crippen LogP contribution in [0.5, 0.6) is 5.75 Å². The minimum atomic E-state index is -3.86. The maximum atomic E-state index is 14.1. The molecule has 32 heavy (non-hydrogen) atoms. The molecule has 7 nitrogen and oxygen atoms in total. The molecule has 0 saturated carbocycles. The zero-order valence-electron chi connectivity index (χ0n) is 17.9. The summed E-state index contributed by atoms with van der Waals surface area (Å²) < 4.78 is 71.2. The number of nitrogens with zero attached hydrogens (tertiary/aromatic N) is 2. The molecule has 0 N–H and O–H groups in total. The summed E-state index contributed by atoms with van der Waals surface area (Å²) >= 11 is 0. The first kappa shape index (κ1) is 23.0. The van der Waals surface area contributed by atoms with Crippen molar-refractivity contribution in [2.75, 3.05) is 49.2 Å². The lowest BCUT2D eigenvalue weighted by molar-refractivity contribution is 0.201. The Bertz CT molecular complexity index is 1160. The van der Waals surface area contributed by atoms with Gasteiger partial charge < -0.3 is 9.64 Å². The fraction of sp³-hybridized carbons (Fsp3) is 0.455. The highest BCUT2D eigenvalue weighted by Gasteiger charge is 2.48. The van der Waals surface area contributed by atoms with Crippen molar-refractivity contribution in [3.63, 3.8) is 0 Å². The van der Waals surface area contributed by atoms with Crippen molar-refractivity contribution < 1.29 is 26.0 Å². The predicted octanol–water partition coefficient (Wildman–Crippen LogP) is 1.99. The van der Waals surface area contributed by atoms with Crippen molar-refractivity contribution in [1.29, 1.82) is 0 Å². The quantitative estimate of drug-likeness (QED) is 0.623. The third kappa shape index (κ3) is 4.62. The highest BCUT2D eigenvalue weighted by molar-refractivity contribution is 7.96. The van der Waals surface area contributed by atoms with Gasteiger partial charge in [0.25, 0.3) is 0 Å². The van der Waals surface area contributed by atoms with E-state index in [0.717, 1.165) is 0 Å². The van der Waals surface area contributed by atoms with E-state index in [4.69, 9.17) is 4.74 Å². The second kappa shape index (κ2) is 8.99. The molecule has 2 heterocycles. The summed E-state index contributed by atoms with van der Waals surface area (Å²) in [5.41, 5.74) is 0.504. The van der Waals surface area contributed by atoms with Gasteiger partial charge in [-0.05, 0) is 43.3 Å². The third-order valence-electron chi connectivity index (χ3n) is 6.11. The number of rotatable bonds is 6. The molecular weight excluding hydrogens is 455 g/mol. The molecule has 0 bridgehead atoms. The Labute approximate surface area is 188 Å². The number of anilines is 1. The molecule has 4 rings (SSSR count). The summed E-state index contributed by atoms with van der Waals surface area (Å²) in [5.74, 6) is -0.319. The third-order valence-corrected chi connectivity index (χ3v) is 10.2. The van der Waals surface area contributed by atoms with Gasteiger partial charge in [-0.1, -0.05) is 12.1 Å². The molecule has 0 spiro atoms. The lowest BCUT2D eigenvalue weighted by atomic mass is 10.1. The van der Waals surface area contributed by atoms with E-state index in [2.05, 4.69) is 0 Å². The molecule has 2 aliphatic rings. The van der Waals surface area contributed by atoms with Crippen LogP contribution < -0.4 is 9.64 Å². The molecule has 0 radical (unpaired) electrons. The molecule has 2 aliphatic heterocycles. The number of hydrogen-bond acceptors (Lipinski definition) is 7. The van der Waals surface area contributed by atoms with Gasteiger partial charge in [-0.3, -0.25) is 4.90 Å². The van der Waals surface area contributed by atoms with Gasteiger partial charge in [-0.2, -0.15) is 0 Å². The van der Waals surface area contributed by atoms with E-state index >= 15 is 0 Å².